The van der Waals surface area contributed by atoms with Crippen molar-refractivity contribution in [2.75, 3.05) is 13.2 Å². The molecular weight excluding hydrogens is 777 g/mol. The van der Waals surface area contributed by atoms with Crippen LogP contribution < -0.4 is 0 Å². The Morgan fingerprint density at radius 3 is 0.742 bits per heavy atom. The molecule has 0 aliphatic carbocycles. The highest BCUT2D eigenvalue weighted by molar-refractivity contribution is 5.75. The molecule has 0 aliphatic rings. The average molecular weight is 851 g/mol. The second kappa shape index (κ2) is 17.3. The highest BCUT2D eigenvalue weighted by atomic mass is 16.6. The Balaban J connectivity index is 1.68. The monoisotopic (exact) mass is 851 g/mol. The van der Waals surface area contributed by atoms with Crippen LogP contribution in [0, 0.1) is 27.7 Å². The number of aryl methyl sites for hydroxylation is 4. The second-order valence-electron chi connectivity index (χ2n) is 22.2. The smallest absolute Gasteiger partial charge is 0.307 e. The van der Waals surface area contributed by atoms with Gasteiger partial charge in [0.2, 0.25) is 0 Å². The van der Waals surface area contributed by atoms with E-state index >= 15 is 0 Å². The van der Waals surface area contributed by atoms with E-state index in [1.165, 1.54) is 0 Å². The number of aromatic hydroxyl groups is 4. The van der Waals surface area contributed by atoms with E-state index in [0.29, 0.717) is 0 Å². The Morgan fingerprint density at radius 2 is 0.565 bits per heavy atom. The van der Waals surface area contributed by atoms with Gasteiger partial charge in [-0.15, -0.1) is 0 Å². The van der Waals surface area contributed by atoms with Crippen LogP contribution >= 0.6 is 0 Å². The van der Waals surface area contributed by atoms with Crippen molar-refractivity contribution in [3.63, 3.8) is 0 Å². The largest absolute Gasteiger partial charge is 0.508 e. The standard InChI is InChI=1S/C54H74O8/c1-31-21-43(55)39(49(5,6)7)25-35(31)53(17,36-26-40(50(8,9)10)44(56)22-32(36)2)29-47(59)61-19-20-62-48(60)30-54(18,37-27-41(51(11,12)13)45(57)23-33(37)3)38-28-42(52(14,15)16)46(58)24-34(38)4/h21-28,55-58H,19-20,29-30H2,1-18H3. The summed E-state index contributed by atoms with van der Waals surface area (Å²) in [5.41, 5.74) is 6.23. The molecule has 0 aromatic heterocycles. The van der Waals surface area contributed by atoms with E-state index in [4.69, 9.17) is 9.47 Å². The van der Waals surface area contributed by atoms with E-state index < -0.39 is 22.8 Å². The molecule has 0 heterocycles. The molecule has 0 amide bonds. The molecule has 0 fully saturated rings. The van der Waals surface area contributed by atoms with Crippen molar-refractivity contribution in [2.24, 2.45) is 0 Å². The van der Waals surface area contributed by atoms with Crippen LogP contribution in [0.3, 0.4) is 0 Å². The number of phenols is 4. The van der Waals surface area contributed by atoms with Crippen LogP contribution in [0.2, 0.25) is 0 Å². The number of hydrogen-bond donors (Lipinski definition) is 4. The van der Waals surface area contributed by atoms with Crippen LogP contribution in [0.25, 0.3) is 0 Å². The number of benzene rings is 4. The number of hydrogen-bond acceptors (Lipinski definition) is 8. The van der Waals surface area contributed by atoms with E-state index in [2.05, 4.69) is 0 Å². The van der Waals surface area contributed by atoms with Crippen LogP contribution in [0.15, 0.2) is 48.5 Å². The molecule has 0 radical (unpaired) electrons. The van der Waals surface area contributed by atoms with Crippen molar-refractivity contribution in [1.29, 1.82) is 0 Å². The molecule has 0 unspecified atom stereocenters. The van der Waals surface area contributed by atoms with Gasteiger partial charge in [-0.25, -0.2) is 0 Å². The van der Waals surface area contributed by atoms with Gasteiger partial charge >= 0.3 is 11.9 Å². The molecular formula is C54H74O8. The summed E-state index contributed by atoms with van der Waals surface area (Å²) in [7, 11) is 0. The number of rotatable bonds is 11. The summed E-state index contributed by atoms with van der Waals surface area (Å²) in [6, 6.07) is 14.9. The molecule has 0 aliphatic heterocycles. The Labute approximate surface area is 371 Å². The predicted octanol–water partition coefficient (Wildman–Crippen LogP) is 12.1. The molecule has 0 spiro atoms. The third-order valence-corrected chi connectivity index (χ3v) is 12.6. The first kappa shape index (κ1) is 49.7. The summed E-state index contributed by atoms with van der Waals surface area (Å²) in [4.78, 5) is 28.0. The lowest BCUT2D eigenvalue weighted by atomic mass is 9.68. The summed E-state index contributed by atoms with van der Waals surface area (Å²) in [5.74, 6) is -0.247. The molecule has 0 saturated heterocycles. The van der Waals surface area contributed by atoms with Crippen molar-refractivity contribution >= 4 is 11.9 Å². The molecule has 8 heteroatoms. The van der Waals surface area contributed by atoms with E-state index in [1.807, 2.05) is 149 Å². The predicted molar refractivity (Wildman–Crippen MR) is 250 cm³/mol. The highest BCUT2D eigenvalue weighted by Crippen LogP contribution is 2.48. The van der Waals surface area contributed by atoms with Crippen LogP contribution in [0.5, 0.6) is 23.0 Å². The van der Waals surface area contributed by atoms with Crippen LogP contribution in [-0.4, -0.2) is 45.6 Å². The first-order valence-corrected chi connectivity index (χ1v) is 21.8. The topological polar surface area (TPSA) is 134 Å². The quantitative estimate of drug-likeness (QED) is 0.0866. The minimum atomic E-state index is -0.938. The zero-order valence-corrected chi connectivity index (χ0v) is 40.9. The van der Waals surface area contributed by atoms with Gasteiger partial charge in [-0.2, -0.15) is 0 Å². The van der Waals surface area contributed by atoms with Crippen molar-refractivity contribution in [2.45, 2.75) is 170 Å². The van der Waals surface area contributed by atoms with E-state index in [0.717, 1.165) is 66.8 Å². The average Bonchev–Trinajstić information content (AvgIpc) is 3.07. The van der Waals surface area contributed by atoms with E-state index in [9.17, 15) is 30.0 Å². The minimum Gasteiger partial charge on any atom is -0.508 e. The first-order chi connectivity index (χ1) is 28.1. The molecule has 4 N–H and O–H groups in total. The molecule has 0 saturated carbocycles. The van der Waals surface area contributed by atoms with E-state index in [-0.39, 0.29) is 70.7 Å². The van der Waals surface area contributed by atoms with E-state index in [1.54, 1.807) is 24.3 Å². The molecule has 338 valence electrons. The normalized spacial score (nSPS) is 13.0. The Morgan fingerprint density at radius 1 is 0.371 bits per heavy atom. The molecule has 62 heavy (non-hydrogen) atoms. The van der Waals surface area contributed by atoms with Crippen molar-refractivity contribution in [3.05, 3.63) is 115 Å². The molecule has 4 aromatic rings. The fraction of sp³-hybridized carbons (Fsp3) is 0.519. The van der Waals surface area contributed by atoms with Gasteiger partial charge in [-0.05, 0) is 140 Å². The Bertz CT molecular complexity index is 2030. The summed E-state index contributed by atoms with van der Waals surface area (Å²) in [5, 5.41) is 44.2. The summed E-state index contributed by atoms with van der Waals surface area (Å²) >= 11 is 0. The lowest BCUT2D eigenvalue weighted by Crippen LogP contribution is -2.32. The van der Waals surface area contributed by atoms with Crippen LogP contribution in [-0.2, 0) is 51.6 Å². The summed E-state index contributed by atoms with van der Waals surface area (Å²) in [6.07, 6.45) is -0.119. The summed E-state index contributed by atoms with van der Waals surface area (Å²) < 4.78 is 11.7. The molecule has 0 bridgehead atoms. The van der Waals surface area contributed by atoms with Gasteiger partial charge in [0.1, 0.15) is 36.2 Å². The third kappa shape index (κ3) is 10.4. The zero-order chi connectivity index (χ0) is 47.3. The van der Waals surface area contributed by atoms with Crippen LogP contribution in [0.1, 0.15) is 177 Å². The maximum atomic E-state index is 14.0. The van der Waals surface area contributed by atoms with Gasteiger partial charge in [-0.1, -0.05) is 121 Å². The van der Waals surface area contributed by atoms with Gasteiger partial charge in [0.15, 0.2) is 0 Å². The number of phenolic OH excluding ortho intramolecular Hbond substituents is 4. The SMILES string of the molecule is Cc1cc(O)c(C(C)(C)C)cc1C(C)(CC(=O)OCCOC(=O)CC(C)(c1cc(C(C)(C)C)c(O)cc1C)c1cc(C(C)(C)C)c(O)cc1C)c1cc(C(C)(C)C)c(O)cc1C. The lowest BCUT2D eigenvalue weighted by Gasteiger charge is -2.36. The highest BCUT2D eigenvalue weighted by Gasteiger charge is 2.40. The molecule has 4 aromatic carbocycles. The Kier molecular flexibility index (Phi) is 13.9. The summed E-state index contributed by atoms with van der Waals surface area (Å²) in [6.45, 7) is 35.7. The number of ether oxygens (including phenoxy) is 2. The maximum absolute atomic E-state index is 14.0. The van der Waals surface area contributed by atoms with Gasteiger partial charge in [-0.3, -0.25) is 9.59 Å². The van der Waals surface area contributed by atoms with Crippen molar-refractivity contribution in [1.82, 2.24) is 0 Å². The fourth-order valence-corrected chi connectivity index (χ4v) is 9.21. The number of carbonyl (C=O) groups is 2. The maximum Gasteiger partial charge on any atom is 0.307 e. The lowest BCUT2D eigenvalue weighted by molar-refractivity contribution is -0.153. The second-order valence-corrected chi connectivity index (χ2v) is 22.2. The third-order valence-electron chi connectivity index (χ3n) is 12.6. The minimum absolute atomic E-state index is 0.0596. The molecule has 8 nitrogen and oxygen atoms in total. The number of carbonyl (C=O) groups excluding carboxylic acids is 2. The Hall–Kier alpha value is -4.98. The van der Waals surface area contributed by atoms with Gasteiger partial charge < -0.3 is 29.9 Å². The first-order valence-electron chi connectivity index (χ1n) is 21.8. The van der Waals surface area contributed by atoms with Gasteiger partial charge in [0, 0.05) is 10.8 Å². The van der Waals surface area contributed by atoms with Gasteiger partial charge in [0.05, 0.1) is 12.8 Å². The van der Waals surface area contributed by atoms with Crippen molar-refractivity contribution in [3.8, 4) is 23.0 Å². The van der Waals surface area contributed by atoms with Crippen LogP contribution in [0.4, 0.5) is 0 Å². The van der Waals surface area contributed by atoms with Crippen molar-refractivity contribution < 1.29 is 39.5 Å². The van der Waals surface area contributed by atoms with Gasteiger partial charge in [0.25, 0.3) is 0 Å². The number of esters is 2. The molecule has 4 rings (SSSR count). The fourth-order valence-electron chi connectivity index (χ4n) is 9.21. The zero-order valence-electron chi connectivity index (χ0n) is 40.9. The molecule has 0 atom stereocenters.